The molecule has 2 aromatic rings. The van der Waals surface area contributed by atoms with Gasteiger partial charge < -0.3 is 14.7 Å². The molecule has 1 aliphatic rings. The third-order valence-electron chi connectivity index (χ3n) is 4.75. The van der Waals surface area contributed by atoms with Crippen LogP contribution in [0.5, 0.6) is 0 Å². The Labute approximate surface area is 170 Å². The Kier molecular flexibility index (Phi) is 6.37. The van der Waals surface area contributed by atoms with Crippen LogP contribution in [0.1, 0.15) is 15.9 Å². The predicted molar refractivity (Wildman–Crippen MR) is 114 cm³/mol. The molecule has 0 atom stereocenters. The van der Waals surface area contributed by atoms with Gasteiger partial charge in [0.05, 0.1) is 0 Å². The average Bonchev–Trinajstić information content (AvgIpc) is 2.72. The second kappa shape index (κ2) is 8.93. The van der Waals surface area contributed by atoms with E-state index in [2.05, 4.69) is 4.90 Å². The lowest BCUT2D eigenvalue weighted by molar-refractivity contribution is -0.126. The smallest absolute Gasteiger partial charge is 0.253 e. The van der Waals surface area contributed by atoms with Crippen LogP contribution in [-0.2, 0) is 4.79 Å². The molecule has 0 radical (unpaired) electrons. The fourth-order valence-corrected chi connectivity index (χ4v) is 3.31. The number of hydrogen-bond donors (Lipinski definition) is 0. The number of carbonyl (C=O) groups is 2. The molecular weight excluding hydrogens is 374 g/mol. The summed E-state index contributed by atoms with van der Waals surface area (Å²) >= 11 is 6.06. The summed E-state index contributed by atoms with van der Waals surface area (Å²) in [4.78, 5) is 30.0. The van der Waals surface area contributed by atoms with E-state index in [0.29, 0.717) is 18.7 Å². The fourth-order valence-electron chi connectivity index (χ4n) is 3.13. The van der Waals surface area contributed by atoms with Crippen molar-refractivity contribution in [2.75, 3.05) is 45.2 Å². The van der Waals surface area contributed by atoms with E-state index in [-0.39, 0.29) is 11.8 Å². The molecule has 0 aliphatic carbocycles. The molecule has 5 nitrogen and oxygen atoms in total. The first kappa shape index (κ1) is 20.0. The normalized spacial score (nSPS) is 14.4. The highest BCUT2D eigenvalue weighted by atomic mass is 35.5. The van der Waals surface area contributed by atoms with Crippen LogP contribution < -0.4 is 4.90 Å². The van der Waals surface area contributed by atoms with Gasteiger partial charge in [0.1, 0.15) is 0 Å². The van der Waals surface area contributed by atoms with E-state index in [1.807, 2.05) is 41.3 Å². The first-order chi connectivity index (χ1) is 13.4. The summed E-state index contributed by atoms with van der Waals surface area (Å²) in [6, 6.07) is 15.0. The average molecular weight is 398 g/mol. The summed E-state index contributed by atoms with van der Waals surface area (Å²) in [6.07, 6.45) is 3.38. The van der Waals surface area contributed by atoms with Crippen LogP contribution in [0.15, 0.2) is 54.6 Å². The lowest BCUT2D eigenvalue weighted by Crippen LogP contribution is -2.48. The molecule has 6 heteroatoms. The quantitative estimate of drug-likeness (QED) is 0.742. The number of rotatable bonds is 4. The van der Waals surface area contributed by atoms with E-state index in [1.54, 1.807) is 38.4 Å². The third-order valence-corrected chi connectivity index (χ3v) is 4.98. The number of piperazine rings is 1. The molecule has 0 bridgehead atoms. The van der Waals surface area contributed by atoms with Crippen molar-refractivity contribution in [2.24, 2.45) is 0 Å². The zero-order valence-corrected chi connectivity index (χ0v) is 16.9. The molecule has 1 aliphatic heterocycles. The molecular formula is C22H24ClN3O2. The zero-order chi connectivity index (χ0) is 20.1. The topological polar surface area (TPSA) is 43.9 Å². The molecule has 1 heterocycles. The van der Waals surface area contributed by atoms with Crippen molar-refractivity contribution < 1.29 is 9.59 Å². The van der Waals surface area contributed by atoms with Crippen molar-refractivity contribution in [3.05, 3.63) is 70.8 Å². The van der Waals surface area contributed by atoms with Crippen LogP contribution in [-0.4, -0.2) is 61.9 Å². The van der Waals surface area contributed by atoms with Crippen LogP contribution >= 0.6 is 11.6 Å². The summed E-state index contributed by atoms with van der Waals surface area (Å²) in [7, 11) is 3.45. The Hall–Kier alpha value is -2.79. The van der Waals surface area contributed by atoms with Gasteiger partial charge in [-0.25, -0.2) is 0 Å². The maximum Gasteiger partial charge on any atom is 0.253 e. The van der Waals surface area contributed by atoms with Gasteiger partial charge in [-0.1, -0.05) is 29.8 Å². The van der Waals surface area contributed by atoms with Gasteiger partial charge in [-0.05, 0) is 42.0 Å². The highest BCUT2D eigenvalue weighted by Gasteiger charge is 2.19. The highest BCUT2D eigenvalue weighted by molar-refractivity contribution is 6.30. The second-order valence-electron chi connectivity index (χ2n) is 6.95. The van der Waals surface area contributed by atoms with Gasteiger partial charge in [0.15, 0.2) is 0 Å². The van der Waals surface area contributed by atoms with E-state index in [1.165, 1.54) is 4.90 Å². The standard InChI is InChI=1S/C22H24ClN3O2/c1-24(2)22(28)18-9-6-17(7-10-18)8-11-21(27)26-14-12-25(13-15-26)20-5-3-4-19(23)16-20/h3-11,16H,12-15H2,1-2H3/b11-8+. The first-order valence-corrected chi connectivity index (χ1v) is 9.61. The van der Waals surface area contributed by atoms with Gasteiger partial charge in [0, 0.05) is 62.6 Å². The fraction of sp³-hybridized carbons (Fsp3) is 0.273. The van der Waals surface area contributed by atoms with Crippen molar-refractivity contribution in [2.45, 2.75) is 0 Å². The van der Waals surface area contributed by atoms with Crippen molar-refractivity contribution >= 4 is 35.2 Å². The number of halogens is 1. The largest absolute Gasteiger partial charge is 0.368 e. The number of nitrogens with zero attached hydrogens (tertiary/aromatic N) is 3. The Morgan fingerprint density at radius 3 is 2.29 bits per heavy atom. The summed E-state index contributed by atoms with van der Waals surface area (Å²) in [5.41, 5.74) is 2.61. The minimum Gasteiger partial charge on any atom is -0.368 e. The summed E-state index contributed by atoms with van der Waals surface area (Å²) in [5, 5.41) is 0.720. The van der Waals surface area contributed by atoms with Gasteiger partial charge >= 0.3 is 0 Å². The lowest BCUT2D eigenvalue weighted by atomic mass is 10.1. The van der Waals surface area contributed by atoms with Crippen molar-refractivity contribution in [1.29, 1.82) is 0 Å². The molecule has 2 amide bonds. The Morgan fingerprint density at radius 2 is 1.68 bits per heavy atom. The van der Waals surface area contributed by atoms with Gasteiger partial charge in [-0.3, -0.25) is 9.59 Å². The molecule has 1 saturated heterocycles. The molecule has 2 aromatic carbocycles. The van der Waals surface area contributed by atoms with E-state index in [0.717, 1.165) is 29.4 Å². The minimum absolute atomic E-state index is 0.000751. The molecule has 0 saturated carbocycles. The first-order valence-electron chi connectivity index (χ1n) is 9.23. The van der Waals surface area contributed by atoms with Crippen molar-refractivity contribution in [3.8, 4) is 0 Å². The summed E-state index contributed by atoms with van der Waals surface area (Å²) < 4.78 is 0. The Bertz CT molecular complexity index is 870. The molecule has 0 unspecified atom stereocenters. The van der Waals surface area contributed by atoms with Gasteiger partial charge in [-0.2, -0.15) is 0 Å². The third kappa shape index (κ3) is 4.93. The Balaban J connectivity index is 1.55. The molecule has 0 spiro atoms. The molecule has 1 fully saturated rings. The number of carbonyl (C=O) groups excluding carboxylic acids is 2. The van der Waals surface area contributed by atoms with Crippen LogP contribution in [0.3, 0.4) is 0 Å². The number of hydrogen-bond acceptors (Lipinski definition) is 3. The maximum absolute atomic E-state index is 12.5. The van der Waals surface area contributed by atoms with Gasteiger partial charge in [0.2, 0.25) is 5.91 Å². The van der Waals surface area contributed by atoms with Crippen LogP contribution in [0.2, 0.25) is 5.02 Å². The highest BCUT2D eigenvalue weighted by Crippen LogP contribution is 2.21. The SMILES string of the molecule is CN(C)C(=O)c1ccc(/C=C/C(=O)N2CCN(c3cccc(Cl)c3)CC2)cc1. The minimum atomic E-state index is -0.0378. The van der Waals surface area contributed by atoms with Crippen LogP contribution in [0.25, 0.3) is 6.08 Å². The maximum atomic E-state index is 12.5. The van der Waals surface area contributed by atoms with Crippen LogP contribution in [0, 0.1) is 0 Å². The lowest BCUT2D eigenvalue weighted by Gasteiger charge is -2.35. The van der Waals surface area contributed by atoms with Gasteiger partial charge in [0.25, 0.3) is 5.91 Å². The summed E-state index contributed by atoms with van der Waals surface area (Å²) in [5.74, 6) is -0.0385. The van der Waals surface area contributed by atoms with E-state index < -0.39 is 0 Å². The zero-order valence-electron chi connectivity index (χ0n) is 16.1. The van der Waals surface area contributed by atoms with Crippen LogP contribution in [0.4, 0.5) is 5.69 Å². The van der Waals surface area contributed by atoms with Crippen molar-refractivity contribution in [3.63, 3.8) is 0 Å². The van der Waals surface area contributed by atoms with E-state index >= 15 is 0 Å². The van der Waals surface area contributed by atoms with E-state index in [9.17, 15) is 9.59 Å². The number of anilines is 1. The van der Waals surface area contributed by atoms with Gasteiger partial charge in [-0.15, -0.1) is 0 Å². The summed E-state index contributed by atoms with van der Waals surface area (Å²) in [6.45, 7) is 2.90. The predicted octanol–water partition coefficient (Wildman–Crippen LogP) is 3.40. The Morgan fingerprint density at radius 1 is 1.00 bits per heavy atom. The van der Waals surface area contributed by atoms with Crippen molar-refractivity contribution in [1.82, 2.24) is 9.80 Å². The monoisotopic (exact) mass is 397 g/mol. The molecule has 3 rings (SSSR count). The second-order valence-corrected chi connectivity index (χ2v) is 7.38. The van der Waals surface area contributed by atoms with E-state index in [4.69, 9.17) is 11.6 Å². The molecule has 28 heavy (non-hydrogen) atoms. The number of amides is 2. The molecule has 0 N–H and O–H groups in total. The molecule has 146 valence electrons. The molecule has 0 aromatic heterocycles. The number of benzene rings is 2.